The number of nitrogens with one attached hydrogen (secondary N) is 1. The van der Waals surface area contributed by atoms with Crippen molar-refractivity contribution in [3.63, 3.8) is 0 Å². The molecule has 0 aromatic heterocycles. The number of amides is 1. The lowest BCUT2D eigenvalue weighted by atomic mass is 10.1. The van der Waals surface area contributed by atoms with Crippen LogP contribution in [0.3, 0.4) is 0 Å². The smallest absolute Gasteiger partial charge is 0.255 e. The summed E-state index contributed by atoms with van der Waals surface area (Å²) < 4.78 is 11.1. The first kappa shape index (κ1) is 19.5. The molecule has 0 radical (unpaired) electrons. The van der Waals surface area contributed by atoms with E-state index in [9.17, 15) is 4.79 Å². The second-order valence-electron chi connectivity index (χ2n) is 6.92. The standard InChI is InChI=1S/C21H25ClN2O3/c1-15(2)14-27-17-8-6-16(7-9-17)21(25)23-19-5-3-4-18(22)20(19)24-10-12-26-13-11-24/h3-9,15H,10-14H2,1-2H3,(H,23,25). The SMILES string of the molecule is CC(C)COc1ccc(C(=O)Nc2cccc(Cl)c2N2CCOCC2)cc1. The van der Waals surface area contributed by atoms with Crippen LogP contribution >= 0.6 is 11.6 Å². The molecule has 0 atom stereocenters. The molecule has 5 nitrogen and oxygen atoms in total. The minimum atomic E-state index is -0.179. The average molecular weight is 389 g/mol. The van der Waals surface area contributed by atoms with E-state index in [1.165, 1.54) is 0 Å². The summed E-state index contributed by atoms with van der Waals surface area (Å²) >= 11 is 6.42. The van der Waals surface area contributed by atoms with Crippen LogP contribution in [0, 0.1) is 5.92 Å². The first-order valence-electron chi connectivity index (χ1n) is 9.20. The molecule has 1 aliphatic heterocycles. The lowest BCUT2D eigenvalue weighted by molar-refractivity contribution is 0.102. The summed E-state index contributed by atoms with van der Waals surface area (Å²) in [5.74, 6) is 1.04. The molecular formula is C21H25ClN2O3. The number of hydrogen-bond acceptors (Lipinski definition) is 4. The van der Waals surface area contributed by atoms with Gasteiger partial charge in [-0.05, 0) is 42.3 Å². The molecular weight excluding hydrogens is 364 g/mol. The van der Waals surface area contributed by atoms with Gasteiger partial charge in [-0.3, -0.25) is 4.79 Å². The van der Waals surface area contributed by atoms with Crippen LogP contribution in [0.5, 0.6) is 5.75 Å². The molecule has 2 aromatic rings. The van der Waals surface area contributed by atoms with Crippen molar-refractivity contribution in [1.29, 1.82) is 0 Å². The Kier molecular flexibility index (Phi) is 6.58. The minimum Gasteiger partial charge on any atom is -0.493 e. The number of ether oxygens (including phenoxy) is 2. The molecule has 1 heterocycles. The number of benzene rings is 2. The Bertz CT molecular complexity index is 771. The van der Waals surface area contributed by atoms with E-state index in [-0.39, 0.29) is 5.91 Å². The van der Waals surface area contributed by atoms with Crippen LogP contribution in [0.1, 0.15) is 24.2 Å². The van der Waals surface area contributed by atoms with Crippen molar-refractivity contribution in [1.82, 2.24) is 0 Å². The normalized spacial score (nSPS) is 14.3. The van der Waals surface area contributed by atoms with Crippen molar-refractivity contribution >= 4 is 28.9 Å². The van der Waals surface area contributed by atoms with Gasteiger partial charge in [-0.25, -0.2) is 0 Å². The fourth-order valence-corrected chi connectivity index (χ4v) is 3.18. The Hall–Kier alpha value is -2.24. The van der Waals surface area contributed by atoms with Gasteiger partial charge in [0.05, 0.1) is 36.2 Å². The van der Waals surface area contributed by atoms with E-state index in [0.717, 1.165) is 24.5 Å². The largest absolute Gasteiger partial charge is 0.493 e. The molecule has 0 spiro atoms. The molecule has 2 aromatic carbocycles. The second kappa shape index (κ2) is 9.11. The number of para-hydroxylation sites is 1. The summed E-state index contributed by atoms with van der Waals surface area (Å²) in [6.45, 7) is 7.63. The molecule has 144 valence electrons. The number of nitrogens with zero attached hydrogens (tertiary/aromatic N) is 1. The molecule has 0 aliphatic carbocycles. The predicted molar refractivity (Wildman–Crippen MR) is 109 cm³/mol. The van der Waals surface area contributed by atoms with Gasteiger partial charge in [0, 0.05) is 18.7 Å². The van der Waals surface area contributed by atoms with Gasteiger partial charge < -0.3 is 19.7 Å². The Morgan fingerprint density at radius 2 is 1.89 bits per heavy atom. The third-order valence-corrected chi connectivity index (χ3v) is 4.57. The van der Waals surface area contributed by atoms with Gasteiger partial charge in [0.25, 0.3) is 5.91 Å². The molecule has 27 heavy (non-hydrogen) atoms. The number of carbonyl (C=O) groups is 1. The number of anilines is 2. The number of halogens is 1. The van der Waals surface area contributed by atoms with E-state index < -0.39 is 0 Å². The Morgan fingerprint density at radius 3 is 2.56 bits per heavy atom. The topological polar surface area (TPSA) is 50.8 Å². The van der Waals surface area contributed by atoms with Crippen LogP contribution in [-0.2, 0) is 4.74 Å². The molecule has 6 heteroatoms. The highest BCUT2D eigenvalue weighted by Gasteiger charge is 2.19. The summed E-state index contributed by atoms with van der Waals surface area (Å²) in [5.41, 5.74) is 2.11. The molecule has 1 amide bonds. The van der Waals surface area contributed by atoms with E-state index in [1.807, 2.05) is 30.3 Å². The zero-order chi connectivity index (χ0) is 19.2. The van der Waals surface area contributed by atoms with Gasteiger partial charge in [-0.15, -0.1) is 0 Å². The Labute approximate surface area is 165 Å². The fourth-order valence-electron chi connectivity index (χ4n) is 2.88. The molecule has 0 bridgehead atoms. The van der Waals surface area contributed by atoms with Crippen molar-refractivity contribution in [3.05, 3.63) is 53.1 Å². The quantitative estimate of drug-likeness (QED) is 0.793. The maximum absolute atomic E-state index is 12.7. The van der Waals surface area contributed by atoms with E-state index in [1.54, 1.807) is 12.1 Å². The van der Waals surface area contributed by atoms with Gasteiger partial charge in [0.15, 0.2) is 0 Å². The van der Waals surface area contributed by atoms with Crippen molar-refractivity contribution in [2.75, 3.05) is 43.1 Å². The molecule has 1 N–H and O–H groups in total. The third-order valence-electron chi connectivity index (χ3n) is 4.26. The highest BCUT2D eigenvalue weighted by Crippen LogP contribution is 2.34. The van der Waals surface area contributed by atoms with Gasteiger partial charge in [-0.1, -0.05) is 31.5 Å². The minimum absolute atomic E-state index is 0.179. The maximum atomic E-state index is 12.7. The van der Waals surface area contributed by atoms with Gasteiger partial charge in [0.1, 0.15) is 5.75 Å². The summed E-state index contributed by atoms with van der Waals surface area (Å²) in [4.78, 5) is 14.8. The predicted octanol–water partition coefficient (Wildman–Crippen LogP) is 4.46. The molecule has 1 aliphatic rings. The van der Waals surface area contributed by atoms with Crippen molar-refractivity contribution in [2.45, 2.75) is 13.8 Å². The average Bonchev–Trinajstić information content (AvgIpc) is 2.67. The molecule has 3 rings (SSSR count). The Balaban J connectivity index is 1.73. The molecule has 0 saturated carbocycles. The summed E-state index contributed by atoms with van der Waals surface area (Å²) in [6, 6.07) is 12.7. The first-order chi connectivity index (χ1) is 13.0. The monoisotopic (exact) mass is 388 g/mol. The van der Waals surface area contributed by atoms with Crippen LogP contribution in [-0.4, -0.2) is 38.8 Å². The first-order valence-corrected chi connectivity index (χ1v) is 9.58. The van der Waals surface area contributed by atoms with Crippen LogP contribution in [0.4, 0.5) is 11.4 Å². The number of hydrogen-bond donors (Lipinski definition) is 1. The van der Waals surface area contributed by atoms with Crippen molar-refractivity contribution < 1.29 is 14.3 Å². The number of rotatable bonds is 6. The van der Waals surface area contributed by atoms with Crippen LogP contribution < -0.4 is 15.0 Å². The van der Waals surface area contributed by atoms with Gasteiger partial charge >= 0.3 is 0 Å². The molecule has 0 unspecified atom stereocenters. The zero-order valence-electron chi connectivity index (χ0n) is 15.7. The second-order valence-corrected chi connectivity index (χ2v) is 7.33. The van der Waals surface area contributed by atoms with Gasteiger partial charge in [0.2, 0.25) is 0 Å². The fraction of sp³-hybridized carbons (Fsp3) is 0.381. The maximum Gasteiger partial charge on any atom is 0.255 e. The van der Waals surface area contributed by atoms with E-state index in [0.29, 0.717) is 42.0 Å². The van der Waals surface area contributed by atoms with E-state index in [2.05, 4.69) is 24.1 Å². The van der Waals surface area contributed by atoms with Crippen LogP contribution in [0.15, 0.2) is 42.5 Å². The molecule has 1 fully saturated rings. The zero-order valence-corrected chi connectivity index (χ0v) is 16.5. The van der Waals surface area contributed by atoms with E-state index in [4.69, 9.17) is 21.1 Å². The lowest BCUT2D eigenvalue weighted by Gasteiger charge is -2.31. The summed E-state index contributed by atoms with van der Waals surface area (Å²) in [5, 5.41) is 3.61. The van der Waals surface area contributed by atoms with Crippen molar-refractivity contribution in [2.24, 2.45) is 5.92 Å². The highest BCUT2D eigenvalue weighted by atomic mass is 35.5. The lowest BCUT2D eigenvalue weighted by Crippen LogP contribution is -2.37. The molecule has 1 saturated heterocycles. The van der Waals surface area contributed by atoms with Gasteiger partial charge in [-0.2, -0.15) is 0 Å². The summed E-state index contributed by atoms with van der Waals surface area (Å²) in [7, 11) is 0. The Morgan fingerprint density at radius 1 is 1.19 bits per heavy atom. The van der Waals surface area contributed by atoms with Crippen LogP contribution in [0.2, 0.25) is 5.02 Å². The third kappa shape index (κ3) is 5.15. The number of carbonyl (C=O) groups excluding carboxylic acids is 1. The number of morpholine rings is 1. The van der Waals surface area contributed by atoms with Crippen LogP contribution in [0.25, 0.3) is 0 Å². The van der Waals surface area contributed by atoms with E-state index >= 15 is 0 Å². The van der Waals surface area contributed by atoms with Crippen molar-refractivity contribution in [3.8, 4) is 5.75 Å². The highest BCUT2D eigenvalue weighted by molar-refractivity contribution is 6.34. The summed E-state index contributed by atoms with van der Waals surface area (Å²) in [6.07, 6.45) is 0.